The van der Waals surface area contributed by atoms with Gasteiger partial charge in [0, 0.05) is 0 Å². The quantitative estimate of drug-likeness (QED) is 0.546. The van der Waals surface area contributed by atoms with Crippen molar-refractivity contribution in [3.8, 4) is 5.75 Å². The van der Waals surface area contributed by atoms with Crippen LogP contribution in [-0.4, -0.2) is 6.61 Å². The van der Waals surface area contributed by atoms with Crippen molar-refractivity contribution in [2.24, 2.45) is 0 Å². The van der Waals surface area contributed by atoms with Gasteiger partial charge in [-0.05, 0) is 37.0 Å². The molecule has 0 spiro atoms. The summed E-state index contributed by atoms with van der Waals surface area (Å²) in [6, 6.07) is 6.11. The van der Waals surface area contributed by atoms with Gasteiger partial charge in [-0.3, -0.25) is 0 Å². The Morgan fingerprint density at radius 2 is 2.27 bits per heavy atom. The molecule has 0 unspecified atom stereocenters. The Hall–Kier alpha value is -0.980. The molecule has 0 amide bonds. The lowest BCUT2D eigenvalue weighted by molar-refractivity contribution is 0.288. The van der Waals surface area contributed by atoms with E-state index in [0.29, 0.717) is 0 Å². The maximum absolute atomic E-state index is 5.45. The molecular formula is C10H11O. The molecular weight excluding hydrogens is 136 g/mol. The maximum Gasteiger partial charge on any atom is 0.122 e. The number of rotatable bonds is 0. The molecule has 1 heterocycles. The Balaban J connectivity index is 2.43. The summed E-state index contributed by atoms with van der Waals surface area (Å²) >= 11 is 0. The molecule has 0 aromatic heterocycles. The van der Waals surface area contributed by atoms with Crippen LogP contribution in [0.2, 0.25) is 0 Å². The number of benzene rings is 1. The van der Waals surface area contributed by atoms with Gasteiger partial charge in [0.05, 0.1) is 6.61 Å². The van der Waals surface area contributed by atoms with E-state index in [9.17, 15) is 0 Å². The summed E-state index contributed by atoms with van der Waals surface area (Å²) in [5.41, 5.74) is 2.39. The minimum Gasteiger partial charge on any atom is -0.493 e. The van der Waals surface area contributed by atoms with Gasteiger partial charge >= 0.3 is 0 Å². The lowest BCUT2D eigenvalue weighted by atomic mass is 10.0. The molecule has 57 valence electrons. The molecule has 0 saturated carbocycles. The maximum atomic E-state index is 5.45. The Labute approximate surface area is 67.0 Å². The van der Waals surface area contributed by atoms with Gasteiger partial charge < -0.3 is 4.74 Å². The zero-order valence-corrected chi connectivity index (χ0v) is 6.47. The lowest BCUT2D eigenvalue weighted by Gasteiger charge is -2.16. The van der Waals surface area contributed by atoms with Crippen LogP contribution >= 0.6 is 0 Å². The number of aryl methyl sites for hydroxylation is 1. The summed E-state index contributed by atoms with van der Waals surface area (Å²) in [5, 5.41) is 0. The van der Waals surface area contributed by atoms with Crippen LogP contribution in [0.25, 0.3) is 0 Å². The van der Waals surface area contributed by atoms with Crippen LogP contribution in [-0.2, 0) is 6.42 Å². The largest absolute Gasteiger partial charge is 0.493 e. The molecule has 0 aliphatic carbocycles. The normalized spacial score (nSPS) is 15.4. The van der Waals surface area contributed by atoms with E-state index >= 15 is 0 Å². The van der Waals surface area contributed by atoms with E-state index in [1.165, 1.54) is 5.56 Å². The number of hydrogen-bond acceptors (Lipinski definition) is 1. The minimum absolute atomic E-state index is 0.865. The third-order valence-electron chi connectivity index (χ3n) is 1.97. The molecule has 11 heavy (non-hydrogen) atoms. The average molecular weight is 147 g/mol. The zero-order valence-electron chi connectivity index (χ0n) is 6.47. The first-order valence-corrected chi connectivity index (χ1v) is 3.94. The van der Waals surface area contributed by atoms with Gasteiger partial charge in [-0.1, -0.05) is 12.1 Å². The fourth-order valence-electron chi connectivity index (χ4n) is 1.41. The second-order valence-electron chi connectivity index (χ2n) is 2.89. The first-order chi connectivity index (χ1) is 5.36. The SMILES string of the molecule is [CH2]c1ccc2c(c1)CCCO2. The number of fused-ring (bicyclic) bond motifs is 1. The molecule has 1 aromatic rings. The molecule has 1 aliphatic rings. The van der Waals surface area contributed by atoms with E-state index < -0.39 is 0 Å². The van der Waals surface area contributed by atoms with Crippen LogP contribution < -0.4 is 4.74 Å². The smallest absolute Gasteiger partial charge is 0.122 e. The first-order valence-electron chi connectivity index (χ1n) is 3.94. The van der Waals surface area contributed by atoms with Crippen molar-refractivity contribution < 1.29 is 4.74 Å². The first kappa shape index (κ1) is 6.71. The third-order valence-corrected chi connectivity index (χ3v) is 1.97. The molecule has 1 nitrogen and oxygen atoms in total. The summed E-state index contributed by atoms with van der Waals surface area (Å²) < 4.78 is 5.45. The van der Waals surface area contributed by atoms with Crippen molar-refractivity contribution in [1.82, 2.24) is 0 Å². The van der Waals surface area contributed by atoms with Crippen molar-refractivity contribution in [2.75, 3.05) is 6.61 Å². The van der Waals surface area contributed by atoms with Crippen LogP contribution in [0.5, 0.6) is 5.75 Å². The summed E-state index contributed by atoms with van der Waals surface area (Å²) in [7, 11) is 0. The zero-order chi connectivity index (χ0) is 7.68. The van der Waals surface area contributed by atoms with Crippen molar-refractivity contribution in [3.05, 3.63) is 36.2 Å². The summed E-state index contributed by atoms with van der Waals surface area (Å²) in [5.74, 6) is 1.05. The molecule has 0 bridgehead atoms. The highest BCUT2D eigenvalue weighted by Gasteiger charge is 2.08. The van der Waals surface area contributed by atoms with Crippen LogP contribution in [0.4, 0.5) is 0 Å². The van der Waals surface area contributed by atoms with Crippen LogP contribution in [0.15, 0.2) is 18.2 Å². The topological polar surface area (TPSA) is 9.23 Å². The molecule has 2 rings (SSSR count). The van der Waals surface area contributed by atoms with Crippen LogP contribution in [0.3, 0.4) is 0 Å². The Bertz CT molecular complexity index is 266. The van der Waals surface area contributed by atoms with E-state index in [1.54, 1.807) is 0 Å². The van der Waals surface area contributed by atoms with Gasteiger partial charge in [-0.25, -0.2) is 0 Å². The van der Waals surface area contributed by atoms with E-state index in [1.807, 2.05) is 12.1 Å². The van der Waals surface area contributed by atoms with Gasteiger partial charge in [-0.2, -0.15) is 0 Å². The highest BCUT2D eigenvalue weighted by molar-refractivity contribution is 5.39. The van der Waals surface area contributed by atoms with E-state index in [2.05, 4.69) is 13.0 Å². The molecule has 1 aliphatic heterocycles. The van der Waals surface area contributed by atoms with Gasteiger partial charge in [-0.15, -0.1) is 0 Å². The third kappa shape index (κ3) is 1.23. The van der Waals surface area contributed by atoms with Gasteiger partial charge in [0.2, 0.25) is 0 Å². The van der Waals surface area contributed by atoms with Gasteiger partial charge in [0.1, 0.15) is 5.75 Å². The van der Waals surface area contributed by atoms with E-state index in [-0.39, 0.29) is 0 Å². The number of ether oxygens (including phenoxy) is 1. The fraction of sp³-hybridized carbons (Fsp3) is 0.300. The number of hydrogen-bond donors (Lipinski definition) is 0. The molecule has 0 atom stereocenters. The molecule has 0 fully saturated rings. The minimum atomic E-state index is 0.865. The van der Waals surface area contributed by atoms with E-state index in [0.717, 1.165) is 30.8 Å². The molecule has 1 heteroatoms. The predicted molar refractivity (Wildman–Crippen MR) is 44.7 cm³/mol. The van der Waals surface area contributed by atoms with Gasteiger partial charge in [0.25, 0.3) is 0 Å². The Morgan fingerprint density at radius 3 is 3.18 bits per heavy atom. The molecule has 1 radical (unpaired) electrons. The van der Waals surface area contributed by atoms with E-state index in [4.69, 9.17) is 4.74 Å². The average Bonchev–Trinajstić information content (AvgIpc) is 2.04. The van der Waals surface area contributed by atoms with Crippen LogP contribution in [0.1, 0.15) is 17.5 Å². The second kappa shape index (κ2) is 2.57. The van der Waals surface area contributed by atoms with Crippen molar-refractivity contribution >= 4 is 0 Å². The van der Waals surface area contributed by atoms with Crippen molar-refractivity contribution in [1.29, 1.82) is 0 Å². The lowest BCUT2D eigenvalue weighted by Crippen LogP contribution is -2.07. The summed E-state index contributed by atoms with van der Waals surface area (Å²) in [6.07, 6.45) is 2.27. The molecule has 0 saturated heterocycles. The Kier molecular flexibility index (Phi) is 1.57. The van der Waals surface area contributed by atoms with Crippen molar-refractivity contribution in [3.63, 3.8) is 0 Å². The van der Waals surface area contributed by atoms with Crippen molar-refractivity contribution in [2.45, 2.75) is 12.8 Å². The van der Waals surface area contributed by atoms with Gasteiger partial charge in [0.15, 0.2) is 0 Å². The summed E-state index contributed by atoms with van der Waals surface area (Å²) in [6.45, 7) is 4.74. The highest BCUT2D eigenvalue weighted by atomic mass is 16.5. The molecule has 0 N–H and O–H groups in total. The highest BCUT2D eigenvalue weighted by Crippen LogP contribution is 2.24. The standard InChI is InChI=1S/C10H11O/c1-8-4-5-10-9(7-8)3-2-6-11-10/h4-5,7H,1-3,6H2. The molecule has 1 aromatic carbocycles. The fourth-order valence-corrected chi connectivity index (χ4v) is 1.41. The van der Waals surface area contributed by atoms with Crippen LogP contribution in [0, 0.1) is 6.92 Å². The Morgan fingerprint density at radius 1 is 1.36 bits per heavy atom. The predicted octanol–water partition coefficient (Wildman–Crippen LogP) is 2.19. The summed E-state index contributed by atoms with van der Waals surface area (Å²) in [4.78, 5) is 0. The monoisotopic (exact) mass is 147 g/mol. The second-order valence-corrected chi connectivity index (χ2v) is 2.89.